The molecule has 0 amide bonds. The summed E-state index contributed by atoms with van der Waals surface area (Å²) in [6.07, 6.45) is 5.02. The molecule has 9 heavy (non-hydrogen) atoms. The number of terminal acetylenes is 1. The zero-order chi connectivity index (χ0) is 6.95. The highest BCUT2D eigenvalue weighted by Crippen LogP contribution is 1.94. The van der Waals surface area contributed by atoms with Crippen molar-refractivity contribution in [3.8, 4) is 12.3 Å². The smallest absolute Gasteiger partial charge is 0.0574 e. The molecule has 52 valence electrons. The van der Waals surface area contributed by atoms with E-state index < -0.39 is 0 Å². The summed E-state index contributed by atoms with van der Waals surface area (Å²) in [6.45, 7) is 3.89. The van der Waals surface area contributed by atoms with Crippen molar-refractivity contribution in [3.63, 3.8) is 0 Å². The van der Waals surface area contributed by atoms with E-state index >= 15 is 0 Å². The van der Waals surface area contributed by atoms with E-state index in [1.165, 1.54) is 5.75 Å². The first-order valence-electron chi connectivity index (χ1n) is 3.13. The molecule has 0 aromatic rings. The van der Waals surface area contributed by atoms with Crippen LogP contribution >= 0.6 is 11.8 Å². The van der Waals surface area contributed by atoms with Crippen LogP contribution in [0.1, 0.15) is 6.92 Å². The molecule has 0 bridgehead atoms. The molecular formula is C7H13NS. The topological polar surface area (TPSA) is 12.0 Å². The van der Waals surface area contributed by atoms with Crippen molar-refractivity contribution in [1.29, 1.82) is 0 Å². The highest BCUT2D eigenvalue weighted by molar-refractivity contribution is 7.99. The van der Waals surface area contributed by atoms with Gasteiger partial charge in [0.05, 0.1) is 6.54 Å². The molecule has 0 aliphatic carbocycles. The summed E-state index contributed by atoms with van der Waals surface area (Å²) < 4.78 is 0. The zero-order valence-corrected chi connectivity index (χ0v) is 6.63. The maximum absolute atomic E-state index is 5.02. The Bertz CT molecular complexity index is 85.4. The van der Waals surface area contributed by atoms with Crippen molar-refractivity contribution in [2.75, 3.05) is 24.6 Å². The lowest BCUT2D eigenvalue weighted by atomic mass is 10.6. The molecule has 0 saturated heterocycles. The number of rotatable bonds is 5. The van der Waals surface area contributed by atoms with Crippen molar-refractivity contribution in [1.82, 2.24) is 5.32 Å². The number of hydrogen-bond acceptors (Lipinski definition) is 2. The number of hydrogen-bond donors (Lipinski definition) is 1. The van der Waals surface area contributed by atoms with E-state index in [9.17, 15) is 0 Å². The third kappa shape index (κ3) is 7.87. The molecule has 1 N–H and O–H groups in total. The molecule has 0 rings (SSSR count). The van der Waals surface area contributed by atoms with Gasteiger partial charge in [-0.3, -0.25) is 0 Å². The third-order valence-electron chi connectivity index (χ3n) is 0.854. The Kier molecular flexibility index (Phi) is 7.76. The van der Waals surface area contributed by atoms with Crippen molar-refractivity contribution in [2.24, 2.45) is 0 Å². The summed E-state index contributed by atoms with van der Waals surface area (Å²) in [5.74, 6) is 4.88. The monoisotopic (exact) mass is 143 g/mol. The fourth-order valence-electron chi connectivity index (χ4n) is 0.449. The van der Waals surface area contributed by atoms with Gasteiger partial charge < -0.3 is 5.32 Å². The van der Waals surface area contributed by atoms with Gasteiger partial charge in [-0.15, -0.1) is 6.42 Å². The normalized spacial score (nSPS) is 8.89. The molecule has 0 aliphatic heterocycles. The first-order valence-corrected chi connectivity index (χ1v) is 4.29. The van der Waals surface area contributed by atoms with Gasteiger partial charge >= 0.3 is 0 Å². The van der Waals surface area contributed by atoms with E-state index in [1.54, 1.807) is 0 Å². The molecular weight excluding hydrogens is 130 g/mol. The van der Waals surface area contributed by atoms with Gasteiger partial charge in [-0.25, -0.2) is 0 Å². The molecule has 0 saturated carbocycles. The van der Waals surface area contributed by atoms with Gasteiger partial charge in [0.1, 0.15) is 0 Å². The molecule has 0 spiro atoms. The van der Waals surface area contributed by atoms with E-state index in [0.29, 0.717) is 6.54 Å². The highest BCUT2D eigenvalue weighted by atomic mass is 32.2. The van der Waals surface area contributed by atoms with Gasteiger partial charge in [-0.1, -0.05) is 12.8 Å². The summed E-state index contributed by atoms with van der Waals surface area (Å²) in [4.78, 5) is 0. The maximum Gasteiger partial charge on any atom is 0.0574 e. The molecule has 0 aromatic heterocycles. The lowest BCUT2D eigenvalue weighted by Gasteiger charge is -1.97. The molecule has 0 radical (unpaired) electrons. The molecule has 0 heterocycles. The van der Waals surface area contributed by atoms with Crippen molar-refractivity contribution < 1.29 is 0 Å². The summed E-state index contributed by atoms with van der Waals surface area (Å²) >= 11 is 1.93. The van der Waals surface area contributed by atoms with Crippen LogP contribution < -0.4 is 5.32 Å². The summed E-state index contributed by atoms with van der Waals surface area (Å²) in [5.41, 5.74) is 0. The Morgan fingerprint density at radius 3 is 3.00 bits per heavy atom. The van der Waals surface area contributed by atoms with Crippen LogP contribution in [0.3, 0.4) is 0 Å². The van der Waals surface area contributed by atoms with Gasteiger partial charge in [0.2, 0.25) is 0 Å². The summed E-state index contributed by atoms with van der Waals surface area (Å²) in [7, 11) is 0. The number of nitrogens with one attached hydrogen (secondary N) is 1. The Morgan fingerprint density at radius 1 is 1.67 bits per heavy atom. The standard InChI is InChI=1S/C7H13NS/c1-3-5-8-6-7-9-4-2/h1,8H,4-7H2,2H3. The Balaban J connectivity index is 2.69. The van der Waals surface area contributed by atoms with Crippen LogP contribution in [0, 0.1) is 12.3 Å². The first kappa shape index (κ1) is 8.87. The largest absolute Gasteiger partial charge is 0.305 e. The van der Waals surface area contributed by atoms with Gasteiger partial charge in [-0.2, -0.15) is 11.8 Å². The van der Waals surface area contributed by atoms with Crippen molar-refractivity contribution >= 4 is 11.8 Å². The van der Waals surface area contributed by atoms with Crippen LogP contribution in [-0.2, 0) is 0 Å². The average molecular weight is 143 g/mol. The van der Waals surface area contributed by atoms with Crippen molar-refractivity contribution in [3.05, 3.63) is 0 Å². The van der Waals surface area contributed by atoms with Crippen LogP contribution in [0.5, 0.6) is 0 Å². The minimum atomic E-state index is 0.699. The van der Waals surface area contributed by atoms with Gasteiger partial charge in [0.15, 0.2) is 0 Å². The van der Waals surface area contributed by atoms with Crippen molar-refractivity contribution in [2.45, 2.75) is 6.92 Å². The lowest BCUT2D eigenvalue weighted by Crippen LogP contribution is -2.16. The van der Waals surface area contributed by atoms with E-state index in [-0.39, 0.29) is 0 Å². The molecule has 0 atom stereocenters. The molecule has 0 aromatic carbocycles. The lowest BCUT2D eigenvalue weighted by molar-refractivity contribution is 0.818. The summed E-state index contributed by atoms with van der Waals surface area (Å²) in [5, 5.41) is 3.11. The SMILES string of the molecule is C#CCNCCSCC. The van der Waals surface area contributed by atoms with Crippen LogP contribution in [0.2, 0.25) is 0 Å². The van der Waals surface area contributed by atoms with Crippen LogP contribution in [0.4, 0.5) is 0 Å². The first-order chi connectivity index (χ1) is 4.41. The second-order valence-electron chi connectivity index (χ2n) is 1.58. The molecule has 1 nitrogen and oxygen atoms in total. The molecule has 0 aliphatic rings. The molecule has 2 heteroatoms. The van der Waals surface area contributed by atoms with Crippen LogP contribution in [0.15, 0.2) is 0 Å². The van der Waals surface area contributed by atoms with E-state index in [0.717, 1.165) is 12.3 Å². The average Bonchev–Trinajstić information content (AvgIpc) is 1.89. The van der Waals surface area contributed by atoms with Gasteiger partial charge in [0.25, 0.3) is 0 Å². The minimum Gasteiger partial charge on any atom is -0.305 e. The van der Waals surface area contributed by atoms with Crippen LogP contribution in [0.25, 0.3) is 0 Å². The van der Waals surface area contributed by atoms with E-state index in [4.69, 9.17) is 6.42 Å². The van der Waals surface area contributed by atoms with Gasteiger partial charge in [0, 0.05) is 12.3 Å². The quantitative estimate of drug-likeness (QED) is 0.454. The minimum absolute atomic E-state index is 0.699. The highest BCUT2D eigenvalue weighted by Gasteiger charge is 1.82. The van der Waals surface area contributed by atoms with E-state index in [2.05, 4.69) is 18.2 Å². The van der Waals surface area contributed by atoms with Crippen LogP contribution in [-0.4, -0.2) is 24.6 Å². The predicted molar refractivity (Wildman–Crippen MR) is 44.7 cm³/mol. The molecule has 0 fully saturated rings. The molecule has 0 unspecified atom stereocenters. The Morgan fingerprint density at radius 2 is 2.44 bits per heavy atom. The zero-order valence-electron chi connectivity index (χ0n) is 5.81. The van der Waals surface area contributed by atoms with E-state index in [1.807, 2.05) is 11.8 Å². The Hall–Kier alpha value is -0.130. The fraction of sp³-hybridized carbons (Fsp3) is 0.714. The van der Waals surface area contributed by atoms with Gasteiger partial charge in [-0.05, 0) is 5.75 Å². The Labute approximate surface area is 61.6 Å². The maximum atomic E-state index is 5.02. The summed E-state index contributed by atoms with van der Waals surface area (Å²) in [6, 6.07) is 0. The second kappa shape index (κ2) is 7.87. The third-order valence-corrected chi connectivity index (χ3v) is 1.76. The fourth-order valence-corrected chi connectivity index (χ4v) is 1.03. The number of thioether (sulfide) groups is 1. The predicted octanol–water partition coefficient (Wildman–Crippen LogP) is 0.962. The second-order valence-corrected chi connectivity index (χ2v) is 2.97.